The van der Waals surface area contributed by atoms with Crippen LogP contribution in [-0.2, 0) is 4.79 Å². The molecule has 0 spiro atoms. The number of halogens is 2. The minimum absolute atomic E-state index is 0.0230. The van der Waals surface area contributed by atoms with E-state index in [0.29, 0.717) is 11.4 Å². The van der Waals surface area contributed by atoms with Gasteiger partial charge in [0.25, 0.3) is 5.91 Å². The second-order valence-corrected chi connectivity index (χ2v) is 3.89. The third-order valence-corrected chi connectivity index (χ3v) is 2.31. The van der Waals surface area contributed by atoms with Crippen molar-refractivity contribution < 1.29 is 22.8 Å². The number of ether oxygens (including phenoxy) is 1. The molecular formula is C13H11F2N3O3. The number of aromatic nitrogens is 2. The lowest BCUT2D eigenvalue weighted by Gasteiger charge is -2.07. The predicted octanol–water partition coefficient (Wildman–Crippen LogP) is 2.63. The molecule has 1 aromatic heterocycles. The number of nitrogens with zero attached hydrogens (tertiary/aromatic N) is 2. The smallest absolute Gasteiger partial charge is 0.387 e. The Labute approximate surface area is 118 Å². The number of nitrogens with one attached hydrogen (secondary N) is 1. The predicted molar refractivity (Wildman–Crippen MR) is 69.8 cm³/mol. The minimum atomic E-state index is -2.94. The fraction of sp³-hybridized carbons (Fsp3) is 0.154. The molecule has 0 atom stereocenters. The Morgan fingerprint density at radius 1 is 1.43 bits per heavy atom. The van der Waals surface area contributed by atoms with E-state index in [0.717, 1.165) is 6.08 Å². The van der Waals surface area contributed by atoms with Crippen LogP contribution in [0.3, 0.4) is 0 Å². The van der Waals surface area contributed by atoms with Crippen molar-refractivity contribution in [2.75, 3.05) is 5.32 Å². The molecule has 8 heteroatoms. The molecule has 0 radical (unpaired) electrons. The summed E-state index contributed by atoms with van der Waals surface area (Å²) in [5, 5.41) is 5.84. The van der Waals surface area contributed by atoms with Gasteiger partial charge < -0.3 is 9.26 Å². The van der Waals surface area contributed by atoms with Gasteiger partial charge in [0.2, 0.25) is 0 Å². The number of aryl methyl sites for hydroxylation is 1. The van der Waals surface area contributed by atoms with Gasteiger partial charge in [-0.1, -0.05) is 23.4 Å². The van der Waals surface area contributed by atoms with Crippen LogP contribution in [0, 0.1) is 6.92 Å². The SMILES string of the molecule is Cc1noc(NC(=O)C=Cc2ccccc2OC(F)F)n1. The average molecular weight is 295 g/mol. The summed E-state index contributed by atoms with van der Waals surface area (Å²) < 4.78 is 33.5. The third kappa shape index (κ3) is 4.37. The normalized spacial score (nSPS) is 11.0. The first-order valence-corrected chi connectivity index (χ1v) is 5.88. The second kappa shape index (κ2) is 6.60. The van der Waals surface area contributed by atoms with Gasteiger partial charge in [-0.3, -0.25) is 10.1 Å². The van der Waals surface area contributed by atoms with Crippen LogP contribution in [0.1, 0.15) is 11.4 Å². The van der Waals surface area contributed by atoms with Crippen LogP contribution in [0.5, 0.6) is 5.75 Å². The largest absolute Gasteiger partial charge is 0.434 e. The molecule has 0 bridgehead atoms. The van der Waals surface area contributed by atoms with Crippen LogP contribution >= 0.6 is 0 Å². The molecule has 6 nitrogen and oxygen atoms in total. The third-order valence-electron chi connectivity index (χ3n) is 2.31. The van der Waals surface area contributed by atoms with E-state index in [2.05, 4.69) is 20.2 Å². The Hall–Kier alpha value is -2.77. The van der Waals surface area contributed by atoms with Crippen LogP contribution in [0.4, 0.5) is 14.8 Å². The molecule has 0 fully saturated rings. The zero-order valence-electron chi connectivity index (χ0n) is 10.9. The molecule has 0 unspecified atom stereocenters. The summed E-state index contributed by atoms with van der Waals surface area (Å²) >= 11 is 0. The molecule has 1 N–H and O–H groups in total. The van der Waals surface area contributed by atoms with Crippen LogP contribution in [-0.4, -0.2) is 22.7 Å². The highest BCUT2D eigenvalue weighted by molar-refractivity contribution is 6.00. The minimum Gasteiger partial charge on any atom is -0.434 e. The Morgan fingerprint density at radius 2 is 2.19 bits per heavy atom. The monoisotopic (exact) mass is 295 g/mol. The Morgan fingerprint density at radius 3 is 2.86 bits per heavy atom. The number of anilines is 1. The fourth-order valence-electron chi connectivity index (χ4n) is 1.48. The first kappa shape index (κ1) is 14.6. The molecule has 1 aromatic carbocycles. The molecule has 1 heterocycles. The lowest BCUT2D eigenvalue weighted by atomic mass is 10.2. The number of carbonyl (C=O) groups is 1. The summed E-state index contributed by atoms with van der Waals surface area (Å²) in [7, 11) is 0. The highest BCUT2D eigenvalue weighted by atomic mass is 19.3. The number of benzene rings is 1. The maximum Gasteiger partial charge on any atom is 0.387 e. The van der Waals surface area contributed by atoms with Crippen LogP contribution in [0.15, 0.2) is 34.9 Å². The molecular weight excluding hydrogens is 284 g/mol. The summed E-state index contributed by atoms with van der Waals surface area (Å²) in [6.07, 6.45) is 2.49. The van der Waals surface area contributed by atoms with Crippen molar-refractivity contribution in [1.82, 2.24) is 10.1 Å². The van der Waals surface area contributed by atoms with Crippen molar-refractivity contribution >= 4 is 18.0 Å². The number of amides is 1. The van der Waals surface area contributed by atoms with Gasteiger partial charge in [-0.05, 0) is 19.1 Å². The molecule has 0 saturated carbocycles. The topological polar surface area (TPSA) is 77.2 Å². The van der Waals surface area contributed by atoms with Crippen molar-refractivity contribution in [2.45, 2.75) is 13.5 Å². The summed E-state index contributed by atoms with van der Waals surface area (Å²) in [6.45, 7) is -1.33. The van der Waals surface area contributed by atoms with Gasteiger partial charge in [0, 0.05) is 11.6 Å². The number of para-hydroxylation sites is 1. The van der Waals surface area contributed by atoms with Gasteiger partial charge in [-0.25, -0.2) is 0 Å². The molecule has 1 amide bonds. The van der Waals surface area contributed by atoms with Crippen molar-refractivity contribution in [1.29, 1.82) is 0 Å². The van der Waals surface area contributed by atoms with Crippen molar-refractivity contribution in [2.24, 2.45) is 0 Å². The van der Waals surface area contributed by atoms with E-state index < -0.39 is 12.5 Å². The number of carbonyl (C=O) groups excluding carboxylic acids is 1. The summed E-state index contributed by atoms with van der Waals surface area (Å²) in [5.74, 6) is -0.180. The molecule has 0 aliphatic heterocycles. The van der Waals surface area contributed by atoms with E-state index >= 15 is 0 Å². The van der Waals surface area contributed by atoms with Gasteiger partial charge in [0.1, 0.15) is 5.75 Å². The van der Waals surface area contributed by atoms with E-state index in [4.69, 9.17) is 4.52 Å². The summed E-state index contributed by atoms with van der Waals surface area (Å²) in [6, 6.07) is 6.07. The van der Waals surface area contributed by atoms with E-state index in [1.165, 1.54) is 12.1 Å². The van der Waals surface area contributed by atoms with E-state index in [-0.39, 0.29) is 11.8 Å². The van der Waals surface area contributed by atoms with Crippen LogP contribution in [0.25, 0.3) is 6.08 Å². The van der Waals surface area contributed by atoms with Crippen molar-refractivity contribution in [3.63, 3.8) is 0 Å². The molecule has 2 rings (SSSR count). The highest BCUT2D eigenvalue weighted by Gasteiger charge is 2.08. The van der Waals surface area contributed by atoms with Gasteiger partial charge in [-0.15, -0.1) is 0 Å². The first-order chi connectivity index (χ1) is 10.0. The number of hydrogen-bond acceptors (Lipinski definition) is 5. The van der Waals surface area contributed by atoms with E-state index in [9.17, 15) is 13.6 Å². The summed E-state index contributed by atoms with van der Waals surface area (Å²) in [5.41, 5.74) is 0.342. The maximum atomic E-state index is 12.2. The Kier molecular flexibility index (Phi) is 4.60. The number of hydrogen-bond donors (Lipinski definition) is 1. The highest BCUT2D eigenvalue weighted by Crippen LogP contribution is 2.21. The Bertz CT molecular complexity index is 656. The lowest BCUT2D eigenvalue weighted by Crippen LogP contribution is -2.08. The molecule has 0 aliphatic rings. The van der Waals surface area contributed by atoms with Gasteiger partial charge in [0.05, 0.1) is 0 Å². The molecule has 2 aromatic rings. The molecule has 21 heavy (non-hydrogen) atoms. The Balaban J connectivity index is 2.05. The van der Waals surface area contributed by atoms with Gasteiger partial charge in [0.15, 0.2) is 5.82 Å². The fourth-order valence-corrected chi connectivity index (χ4v) is 1.48. The molecule has 0 saturated heterocycles. The van der Waals surface area contributed by atoms with Crippen LogP contribution in [0.2, 0.25) is 0 Å². The molecule has 110 valence electrons. The zero-order valence-corrected chi connectivity index (χ0v) is 10.9. The average Bonchev–Trinajstić information content (AvgIpc) is 2.82. The molecule has 0 aliphatic carbocycles. The standard InChI is InChI=1S/C13H11F2N3O3/c1-8-16-13(21-18-8)17-11(19)7-6-9-4-2-3-5-10(9)20-12(14)15/h2-7,12H,1H3,(H,16,17,18,19). The zero-order chi connectivity index (χ0) is 15.2. The summed E-state index contributed by atoms with van der Waals surface area (Å²) in [4.78, 5) is 15.4. The van der Waals surface area contributed by atoms with Crippen LogP contribution < -0.4 is 10.1 Å². The lowest BCUT2D eigenvalue weighted by molar-refractivity contribution is -0.112. The number of alkyl halides is 2. The van der Waals surface area contributed by atoms with E-state index in [1.807, 2.05) is 0 Å². The van der Waals surface area contributed by atoms with E-state index in [1.54, 1.807) is 25.1 Å². The number of rotatable bonds is 5. The van der Waals surface area contributed by atoms with Crippen molar-refractivity contribution in [3.05, 3.63) is 41.7 Å². The van der Waals surface area contributed by atoms with Gasteiger partial charge in [-0.2, -0.15) is 13.8 Å². The maximum absolute atomic E-state index is 12.2. The first-order valence-electron chi connectivity index (χ1n) is 5.88. The second-order valence-electron chi connectivity index (χ2n) is 3.89. The quantitative estimate of drug-likeness (QED) is 0.858. The van der Waals surface area contributed by atoms with Crippen molar-refractivity contribution in [3.8, 4) is 5.75 Å². The van der Waals surface area contributed by atoms with Gasteiger partial charge >= 0.3 is 12.6 Å².